The van der Waals surface area contributed by atoms with E-state index in [0.717, 1.165) is 18.7 Å². The molecule has 0 fully saturated rings. The highest BCUT2D eigenvalue weighted by Gasteiger charge is 2.23. The molecule has 0 aliphatic heterocycles. The summed E-state index contributed by atoms with van der Waals surface area (Å²) >= 11 is 0. The summed E-state index contributed by atoms with van der Waals surface area (Å²) in [5, 5.41) is 3.62. The molecule has 2 rings (SSSR count). The summed E-state index contributed by atoms with van der Waals surface area (Å²) in [7, 11) is 0. The molecule has 0 saturated heterocycles. The molecule has 1 aliphatic rings. The predicted molar refractivity (Wildman–Crippen MR) is 80.5 cm³/mol. The molecule has 2 nitrogen and oxygen atoms in total. The van der Waals surface area contributed by atoms with Gasteiger partial charge in [-0.3, -0.25) is 0 Å². The number of fused-ring (bicyclic) bond motifs is 1. The Hall–Kier alpha value is -1.12. The first-order valence-corrected chi connectivity index (χ1v) is 7.23. The van der Waals surface area contributed by atoms with E-state index in [9.17, 15) is 0 Å². The third kappa shape index (κ3) is 3.92. The summed E-state index contributed by atoms with van der Waals surface area (Å²) in [6, 6.07) is 9.31. The van der Waals surface area contributed by atoms with Crippen LogP contribution in [0.2, 0.25) is 0 Å². The highest BCUT2D eigenvalue weighted by atomic mass is 16.5. The Morgan fingerprint density at radius 2 is 2.05 bits per heavy atom. The molecule has 2 atom stereocenters. The quantitative estimate of drug-likeness (QED) is 0.619. The zero-order valence-corrected chi connectivity index (χ0v) is 12.1. The van der Waals surface area contributed by atoms with Crippen molar-refractivity contribution in [1.29, 1.82) is 0 Å². The van der Waals surface area contributed by atoms with Crippen molar-refractivity contribution in [3.05, 3.63) is 47.5 Å². The summed E-state index contributed by atoms with van der Waals surface area (Å²) in [4.78, 5) is 0. The Kier molecular flexibility index (Phi) is 5.17. The monoisotopic (exact) mass is 259 g/mol. The largest absolute Gasteiger partial charge is 0.376 e. The van der Waals surface area contributed by atoms with E-state index in [1.165, 1.54) is 24.0 Å². The van der Waals surface area contributed by atoms with Crippen molar-refractivity contribution in [3.8, 4) is 0 Å². The van der Waals surface area contributed by atoms with Gasteiger partial charge in [0.15, 0.2) is 0 Å². The highest BCUT2D eigenvalue weighted by molar-refractivity contribution is 5.34. The number of rotatable bonds is 6. The fourth-order valence-electron chi connectivity index (χ4n) is 2.77. The molecule has 2 unspecified atom stereocenters. The van der Waals surface area contributed by atoms with Crippen molar-refractivity contribution in [2.75, 3.05) is 19.8 Å². The molecule has 0 aromatic heterocycles. The molecule has 2 heteroatoms. The molecule has 104 valence electrons. The molecular weight excluding hydrogens is 234 g/mol. The normalized spacial score (nSPS) is 22.0. The average molecular weight is 259 g/mol. The van der Waals surface area contributed by atoms with E-state index in [2.05, 4.69) is 43.1 Å². The van der Waals surface area contributed by atoms with Gasteiger partial charge in [-0.1, -0.05) is 43.3 Å². The van der Waals surface area contributed by atoms with Gasteiger partial charge in [-0.25, -0.2) is 0 Å². The fourth-order valence-corrected chi connectivity index (χ4v) is 2.77. The lowest BCUT2D eigenvalue weighted by molar-refractivity contribution is 0.154. The van der Waals surface area contributed by atoms with Crippen molar-refractivity contribution < 1.29 is 4.74 Å². The molecule has 1 aliphatic carbocycles. The molecule has 1 N–H and O–H groups in total. The van der Waals surface area contributed by atoms with Gasteiger partial charge in [0.05, 0.1) is 13.2 Å². The van der Waals surface area contributed by atoms with E-state index in [4.69, 9.17) is 4.74 Å². The second kappa shape index (κ2) is 6.88. The van der Waals surface area contributed by atoms with Crippen LogP contribution in [0.25, 0.3) is 0 Å². The Labute approximate surface area is 116 Å². The lowest BCUT2D eigenvalue weighted by atomic mass is 9.81. The Morgan fingerprint density at radius 3 is 2.79 bits per heavy atom. The minimum Gasteiger partial charge on any atom is -0.376 e. The lowest BCUT2D eigenvalue weighted by Gasteiger charge is -2.30. The lowest BCUT2D eigenvalue weighted by Crippen LogP contribution is -2.29. The Balaban J connectivity index is 1.85. The first-order valence-electron chi connectivity index (χ1n) is 7.23. The van der Waals surface area contributed by atoms with Gasteiger partial charge in [0, 0.05) is 12.6 Å². The topological polar surface area (TPSA) is 21.3 Å². The van der Waals surface area contributed by atoms with Crippen LogP contribution in [0.15, 0.2) is 36.4 Å². The number of hydrogen-bond acceptors (Lipinski definition) is 2. The smallest absolute Gasteiger partial charge is 0.0672 e. The van der Waals surface area contributed by atoms with Crippen molar-refractivity contribution in [3.63, 3.8) is 0 Å². The van der Waals surface area contributed by atoms with Crippen molar-refractivity contribution in [2.24, 2.45) is 0 Å². The first kappa shape index (κ1) is 14.3. The molecular formula is C17H25NO. The summed E-state index contributed by atoms with van der Waals surface area (Å²) in [5.74, 6) is 0.689. The highest BCUT2D eigenvalue weighted by Crippen LogP contribution is 2.36. The van der Waals surface area contributed by atoms with Gasteiger partial charge in [0.2, 0.25) is 0 Å². The standard InChI is InChI=1S/C17H25NO/c1-13(2)12-19-11-10-18-17-9-8-14(3)15-6-4-5-7-16(15)17/h4-7,14,17-18H,1,8-12H2,2-3H3. The van der Waals surface area contributed by atoms with E-state index < -0.39 is 0 Å². The average Bonchev–Trinajstić information content (AvgIpc) is 2.41. The van der Waals surface area contributed by atoms with Gasteiger partial charge in [-0.2, -0.15) is 0 Å². The van der Waals surface area contributed by atoms with Crippen LogP contribution in [0.4, 0.5) is 0 Å². The zero-order valence-electron chi connectivity index (χ0n) is 12.1. The molecule has 0 saturated carbocycles. The van der Waals surface area contributed by atoms with E-state index in [1.54, 1.807) is 0 Å². The molecule has 0 spiro atoms. The number of ether oxygens (including phenoxy) is 1. The van der Waals surface area contributed by atoms with Gasteiger partial charge in [0.25, 0.3) is 0 Å². The van der Waals surface area contributed by atoms with Crippen LogP contribution in [-0.4, -0.2) is 19.8 Å². The van der Waals surface area contributed by atoms with Crippen LogP contribution in [0.5, 0.6) is 0 Å². The maximum Gasteiger partial charge on any atom is 0.0672 e. The minimum absolute atomic E-state index is 0.487. The molecule has 1 aromatic carbocycles. The number of nitrogens with one attached hydrogen (secondary N) is 1. The van der Waals surface area contributed by atoms with Gasteiger partial charge >= 0.3 is 0 Å². The van der Waals surface area contributed by atoms with Gasteiger partial charge < -0.3 is 10.1 Å². The van der Waals surface area contributed by atoms with E-state index in [0.29, 0.717) is 18.6 Å². The van der Waals surface area contributed by atoms with Crippen LogP contribution < -0.4 is 5.32 Å². The second-order valence-electron chi connectivity index (χ2n) is 5.62. The summed E-state index contributed by atoms with van der Waals surface area (Å²) in [6.45, 7) is 10.5. The van der Waals surface area contributed by atoms with Gasteiger partial charge in [0.1, 0.15) is 0 Å². The van der Waals surface area contributed by atoms with E-state index in [1.807, 2.05) is 6.92 Å². The van der Waals surface area contributed by atoms with Crippen LogP contribution in [0.1, 0.15) is 49.8 Å². The summed E-state index contributed by atoms with van der Waals surface area (Å²) in [6.07, 6.45) is 2.49. The molecule has 19 heavy (non-hydrogen) atoms. The van der Waals surface area contributed by atoms with Crippen LogP contribution in [0.3, 0.4) is 0 Å². The molecule has 0 amide bonds. The maximum atomic E-state index is 5.53. The predicted octanol–water partition coefficient (Wildman–Crippen LogP) is 3.81. The van der Waals surface area contributed by atoms with Crippen LogP contribution in [-0.2, 0) is 4.74 Å². The molecule has 0 bridgehead atoms. The van der Waals surface area contributed by atoms with E-state index >= 15 is 0 Å². The van der Waals surface area contributed by atoms with Gasteiger partial charge in [-0.05, 0) is 36.8 Å². The van der Waals surface area contributed by atoms with Crippen LogP contribution >= 0.6 is 0 Å². The fraction of sp³-hybridized carbons (Fsp3) is 0.529. The number of benzene rings is 1. The Bertz CT molecular complexity index is 427. The maximum absolute atomic E-state index is 5.53. The SMILES string of the molecule is C=C(C)COCCNC1CCC(C)c2ccccc21. The van der Waals surface area contributed by atoms with E-state index in [-0.39, 0.29) is 0 Å². The Morgan fingerprint density at radius 1 is 1.32 bits per heavy atom. The van der Waals surface area contributed by atoms with Crippen molar-refractivity contribution >= 4 is 0 Å². The molecule has 0 radical (unpaired) electrons. The summed E-state index contributed by atoms with van der Waals surface area (Å²) in [5.41, 5.74) is 4.06. The van der Waals surface area contributed by atoms with Gasteiger partial charge in [-0.15, -0.1) is 0 Å². The van der Waals surface area contributed by atoms with Crippen molar-refractivity contribution in [1.82, 2.24) is 5.32 Å². The zero-order chi connectivity index (χ0) is 13.7. The van der Waals surface area contributed by atoms with Crippen LogP contribution in [0, 0.1) is 0 Å². The molecule has 0 heterocycles. The summed E-state index contributed by atoms with van der Waals surface area (Å²) < 4.78 is 5.53. The number of hydrogen-bond donors (Lipinski definition) is 1. The third-order valence-corrected chi connectivity index (χ3v) is 3.78. The minimum atomic E-state index is 0.487. The molecule has 1 aromatic rings. The second-order valence-corrected chi connectivity index (χ2v) is 5.62. The first-order chi connectivity index (χ1) is 9.18. The third-order valence-electron chi connectivity index (χ3n) is 3.78. The van der Waals surface area contributed by atoms with Crippen molar-refractivity contribution in [2.45, 2.75) is 38.6 Å².